The summed E-state index contributed by atoms with van der Waals surface area (Å²) in [4.78, 5) is 14.2. The number of rotatable bonds is 1. The number of methoxy groups -OCH3 is 1. The van der Waals surface area contributed by atoms with E-state index in [1.54, 1.807) is 13.2 Å². The van der Waals surface area contributed by atoms with E-state index in [1.807, 2.05) is 6.07 Å². The van der Waals surface area contributed by atoms with Crippen LogP contribution in [-0.2, 0) is 16.8 Å². The van der Waals surface area contributed by atoms with Crippen molar-refractivity contribution in [1.82, 2.24) is 4.90 Å². The van der Waals surface area contributed by atoms with Crippen molar-refractivity contribution in [3.63, 3.8) is 0 Å². The second-order valence-electron chi connectivity index (χ2n) is 6.38. The summed E-state index contributed by atoms with van der Waals surface area (Å²) in [7, 11) is 3.79. The van der Waals surface area contributed by atoms with Gasteiger partial charge in [0.25, 0.3) is 0 Å². The van der Waals surface area contributed by atoms with Crippen LogP contribution < -0.4 is 9.47 Å². The number of allylic oxidation sites excluding steroid dienone is 1. The van der Waals surface area contributed by atoms with Crippen LogP contribution in [0.15, 0.2) is 22.7 Å². The highest BCUT2D eigenvalue weighted by Crippen LogP contribution is 2.56. The molecule has 22 heavy (non-hydrogen) atoms. The molecule has 3 aliphatic rings. The molecule has 0 aromatic heterocycles. The maximum atomic E-state index is 11.9. The molecular formula is C17H18BrNO3. The van der Waals surface area contributed by atoms with Gasteiger partial charge in [-0.2, -0.15) is 0 Å². The number of carbonyl (C=O) groups is 1. The maximum Gasteiger partial charge on any atom is 0.166 e. The zero-order valence-electron chi connectivity index (χ0n) is 12.7. The molecule has 2 aliphatic heterocycles. The molecule has 1 aromatic rings. The Hall–Kier alpha value is -1.33. The van der Waals surface area contributed by atoms with Gasteiger partial charge in [-0.05, 0) is 37.7 Å². The van der Waals surface area contributed by atoms with Crippen LogP contribution in [0.25, 0.3) is 0 Å². The fraction of sp³-hybridized carbons (Fsp3) is 0.471. The Morgan fingerprint density at radius 1 is 1.50 bits per heavy atom. The SMILES string of the molecule is COc1cc(Br)c2c3c1O[C@@H]1CC(=O)C=C[C@]31CCN(C)C2. The van der Waals surface area contributed by atoms with Gasteiger partial charge in [0.15, 0.2) is 17.3 Å². The van der Waals surface area contributed by atoms with Crippen LogP contribution in [0.4, 0.5) is 0 Å². The predicted molar refractivity (Wildman–Crippen MR) is 86.5 cm³/mol. The number of ether oxygens (including phenoxy) is 2. The van der Waals surface area contributed by atoms with Gasteiger partial charge in [-0.1, -0.05) is 22.0 Å². The third kappa shape index (κ3) is 1.82. The second-order valence-corrected chi connectivity index (χ2v) is 7.24. The van der Waals surface area contributed by atoms with Gasteiger partial charge >= 0.3 is 0 Å². The first-order valence-corrected chi connectivity index (χ1v) is 8.31. The van der Waals surface area contributed by atoms with E-state index < -0.39 is 0 Å². The summed E-state index contributed by atoms with van der Waals surface area (Å²) in [6.45, 7) is 1.84. The van der Waals surface area contributed by atoms with E-state index in [9.17, 15) is 4.79 Å². The molecule has 0 unspecified atom stereocenters. The van der Waals surface area contributed by atoms with E-state index in [0.717, 1.165) is 35.5 Å². The average Bonchev–Trinajstić information content (AvgIpc) is 2.74. The Balaban J connectivity index is 2.02. The van der Waals surface area contributed by atoms with Crippen molar-refractivity contribution in [2.24, 2.45) is 0 Å². The molecule has 4 rings (SSSR count). The van der Waals surface area contributed by atoms with Crippen molar-refractivity contribution >= 4 is 21.7 Å². The molecule has 0 saturated heterocycles. The number of ketones is 1. The summed E-state index contributed by atoms with van der Waals surface area (Å²) in [5.74, 6) is 1.70. The molecule has 2 atom stereocenters. The minimum atomic E-state index is -0.208. The van der Waals surface area contributed by atoms with E-state index in [-0.39, 0.29) is 17.3 Å². The number of benzene rings is 1. The monoisotopic (exact) mass is 363 g/mol. The van der Waals surface area contributed by atoms with Gasteiger partial charge < -0.3 is 14.4 Å². The van der Waals surface area contributed by atoms with Gasteiger partial charge in [0.05, 0.1) is 12.5 Å². The van der Waals surface area contributed by atoms with Crippen LogP contribution >= 0.6 is 15.9 Å². The number of carbonyl (C=O) groups excluding carboxylic acids is 1. The summed E-state index contributed by atoms with van der Waals surface area (Å²) in [6.07, 6.45) is 5.09. The molecule has 2 heterocycles. The highest BCUT2D eigenvalue weighted by molar-refractivity contribution is 9.10. The third-order valence-electron chi connectivity index (χ3n) is 5.11. The molecule has 1 aromatic carbocycles. The first kappa shape index (κ1) is 14.3. The van der Waals surface area contributed by atoms with Crippen LogP contribution in [0.1, 0.15) is 24.0 Å². The van der Waals surface area contributed by atoms with Gasteiger partial charge in [-0.3, -0.25) is 4.79 Å². The zero-order chi connectivity index (χ0) is 15.5. The summed E-state index contributed by atoms with van der Waals surface area (Å²) in [5, 5.41) is 0. The minimum absolute atomic E-state index is 0.117. The second kappa shape index (κ2) is 4.83. The van der Waals surface area contributed by atoms with Crippen molar-refractivity contribution in [1.29, 1.82) is 0 Å². The molecule has 0 amide bonds. The number of hydrogen-bond donors (Lipinski definition) is 0. The smallest absolute Gasteiger partial charge is 0.166 e. The van der Waals surface area contributed by atoms with Crippen LogP contribution in [0.2, 0.25) is 0 Å². The number of nitrogens with zero attached hydrogens (tertiary/aromatic N) is 1. The van der Waals surface area contributed by atoms with Gasteiger partial charge in [0.1, 0.15) is 6.10 Å². The molecule has 0 saturated carbocycles. The van der Waals surface area contributed by atoms with Crippen molar-refractivity contribution in [3.8, 4) is 11.5 Å². The summed E-state index contributed by atoms with van der Waals surface area (Å²) in [6, 6.07) is 1.98. The van der Waals surface area contributed by atoms with E-state index in [4.69, 9.17) is 9.47 Å². The normalized spacial score (nSPS) is 29.6. The van der Waals surface area contributed by atoms with Crippen molar-refractivity contribution in [3.05, 3.63) is 33.8 Å². The standard InChI is InChI=1S/C17H18BrNO3/c1-19-6-5-17-4-3-10(20)7-14(17)22-16-13(21-2)8-12(18)11(9-19)15(16)17/h3-4,8,14H,5-7,9H2,1-2H3/t14-,17-/m1/s1. The lowest BCUT2D eigenvalue weighted by atomic mass is 9.69. The third-order valence-corrected chi connectivity index (χ3v) is 5.81. The molecule has 116 valence electrons. The molecule has 0 fully saturated rings. The fourth-order valence-electron chi connectivity index (χ4n) is 3.97. The highest BCUT2D eigenvalue weighted by atomic mass is 79.9. The molecular weight excluding hydrogens is 346 g/mol. The first-order chi connectivity index (χ1) is 10.5. The van der Waals surface area contributed by atoms with Gasteiger partial charge in [-0.15, -0.1) is 0 Å². The fourth-order valence-corrected chi connectivity index (χ4v) is 4.50. The number of halogens is 1. The lowest BCUT2D eigenvalue weighted by molar-refractivity contribution is -0.117. The van der Waals surface area contributed by atoms with Crippen molar-refractivity contribution < 1.29 is 14.3 Å². The Morgan fingerprint density at radius 3 is 3.09 bits per heavy atom. The van der Waals surface area contributed by atoms with Crippen LogP contribution in [0, 0.1) is 0 Å². The van der Waals surface area contributed by atoms with Crippen LogP contribution in [0.5, 0.6) is 11.5 Å². The van der Waals surface area contributed by atoms with E-state index in [2.05, 4.69) is 34.0 Å². The Labute approximate surface area is 138 Å². The Morgan fingerprint density at radius 2 is 2.32 bits per heavy atom. The topological polar surface area (TPSA) is 38.8 Å². The quantitative estimate of drug-likeness (QED) is 0.768. The molecule has 4 nitrogen and oxygen atoms in total. The van der Waals surface area contributed by atoms with Gasteiger partial charge in [0.2, 0.25) is 0 Å². The zero-order valence-corrected chi connectivity index (χ0v) is 14.3. The van der Waals surface area contributed by atoms with E-state index >= 15 is 0 Å². The van der Waals surface area contributed by atoms with E-state index in [1.165, 1.54) is 11.1 Å². The molecule has 1 spiro atoms. The van der Waals surface area contributed by atoms with Gasteiger partial charge in [0, 0.05) is 23.0 Å². The Kier molecular flexibility index (Phi) is 3.13. The van der Waals surface area contributed by atoms with Crippen molar-refractivity contribution in [2.45, 2.75) is 30.9 Å². The number of hydrogen-bond acceptors (Lipinski definition) is 4. The summed E-state index contributed by atoms with van der Waals surface area (Å²) in [5.41, 5.74) is 2.24. The van der Waals surface area contributed by atoms with Crippen LogP contribution in [-0.4, -0.2) is 37.5 Å². The molecule has 5 heteroatoms. The predicted octanol–water partition coefficient (Wildman–Crippen LogP) is 2.82. The largest absolute Gasteiger partial charge is 0.493 e. The molecule has 0 radical (unpaired) electrons. The highest BCUT2D eigenvalue weighted by Gasteiger charge is 2.53. The molecule has 1 aliphatic carbocycles. The minimum Gasteiger partial charge on any atom is -0.493 e. The lowest BCUT2D eigenvalue weighted by Gasteiger charge is -2.33. The summed E-state index contributed by atoms with van der Waals surface area (Å²) < 4.78 is 12.8. The average molecular weight is 364 g/mol. The van der Waals surface area contributed by atoms with Crippen molar-refractivity contribution in [2.75, 3.05) is 20.7 Å². The first-order valence-electron chi connectivity index (χ1n) is 7.52. The lowest BCUT2D eigenvalue weighted by Crippen LogP contribution is -2.41. The van der Waals surface area contributed by atoms with Gasteiger partial charge in [-0.25, -0.2) is 0 Å². The van der Waals surface area contributed by atoms with Crippen LogP contribution in [0.3, 0.4) is 0 Å². The maximum absolute atomic E-state index is 11.9. The molecule has 0 N–H and O–H groups in total. The Bertz CT molecular complexity index is 700. The van der Waals surface area contributed by atoms with E-state index in [0.29, 0.717) is 6.42 Å². The molecule has 0 bridgehead atoms. The summed E-state index contributed by atoms with van der Waals surface area (Å²) >= 11 is 3.70.